The number of hydrogen-bond acceptors (Lipinski definition) is 4. The van der Waals surface area contributed by atoms with Crippen molar-refractivity contribution >= 4 is 30.5 Å². The van der Waals surface area contributed by atoms with Gasteiger partial charge in [-0.15, -0.1) is 24.8 Å². The molecule has 2 aromatic carbocycles. The largest absolute Gasteiger partial charge is 0.491 e. The number of aliphatic hydroxyl groups is 1. The van der Waals surface area contributed by atoms with Gasteiger partial charge in [-0.25, -0.2) is 4.39 Å². The average molecular weight is 473 g/mol. The third kappa shape index (κ3) is 7.83. The maximum absolute atomic E-state index is 13.1. The quantitative estimate of drug-likeness (QED) is 0.652. The van der Waals surface area contributed by atoms with Crippen LogP contribution in [0.2, 0.25) is 0 Å². The second-order valence-corrected chi connectivity index (χ2v) is 8.98. The van der Waals surface area contributed by atoms with E-state index in [1.807, 2.05) is 24.3 Å². The van der Waals surface area contributed by atoms with Gasteiger partial charge in [0.1, 0.15) is 24.3 Å². The summed E-state index contributed by atoms with van der Waals surface area (Å²) in [4.78, 5) is 4.51. The fourth-order valence-corrected chi connectivity index (χ4v) is 3.73. The van der Waals surface area contributed by atoms with Crippen molar-refractivity contribution in [2.24, 2.45) is 0 Å². The lowest BCUT2D eigenvalue weighted by atomic mass is 9.85. The first-order valence-electron chi connectivity index (χ1n) is 10.4. The van der Waals surface area contributed by atoms with Crippen molar-refractivity contribution < 1.29 is 14.2 Å². The standard InChI is InChI=1S/C24H33FN2O2.2ClH/c1-18-5-10-23(22(15-18)24(2,3)4)29-17-21(28)16-26-11-13-27(14-12-26)20-8-6-19(25)7-9-20;;/h5-10,15,21,28H,11-14,16-17H2,1-4H3;2*1H. The van der Waals surface area contributed by atoms with E-state index in [1.165, 1.54) is 17.7 Å². The van der Waals surface area contributed by atoms with E-state index >= 15 is 0 Å². The Kier molecular flexibility index (Phi) is 10.6. The molecule has 0 aliphatic carbocycles. The summed E-state index contributed by atoms with van der Waals surface area (Å²) in [6, 6.07) is 12.9. The minimum absolute atomic E-state index is 0. The number of benzene rings is 2. The van der Waals surface area contributed by atoms with Crippen LogP contribution in [0, 0.1) is 12.7 Å². The molecule has 0 aromatic heterocycles. The van der Waals surface area contributed by atoms with Gasteiger partial charge in [0.15, 0.2) is 0 Å². The molecule has 1 heterocycles. The van der Waals surface area contributed by atoms with Crippen molar-refractivity contribution in [1.29, 1.82) is 0 Å². The molecule has 1 unspecified atom stereocenters. The van der Waals surface area contributed by atoms with E-state index in [0.717, 1.165) is 43.2 Å². The summed E-state index contributed by atoms with van der Waals surface area (Å²) >= 11 is 0. The summed E-state index contributed by atoms with van der Waals surface area (Å²) in [7, 11) is 0. The van der Waals surface area contributed by atoms with Gasteiger partial charge >= 0.3 is 0 Å². The molecular weight excluding hydrogens is 438 g/mol. The van der Waals surface area contributed by atoms with Crippen LogP contribution in [0.5, 0.6) is 5.75 Å². The highest BCUT2D eigenvalue weighted by molar-refractivity contribution is 5.85. The van der Waals surface area contributed by atoms with Gasteiger partial charge in [0.05, 0.1) is 0 Å². The number of hydrogen-bond donors (Lipinski definition) is 1. The highest BCUT2D eigenvalue weighted by Gasteiger charge is 2.22. The Labute approximate surface area is 198 Å². The smallest absolute Gasteiger partial charge is 0.123 e. The van der Waals surface area contributed by atoms with Gasteiger partial charge in [0.2, 0.25) is 0 Å². The first kappa shape index (κ1) is 27.5. The van der Waals surface area contributed by atoms with Gasteiger partial charge in [0.25, 0.3) is 0 Å². The number of rotatable bonds is 6. The lowest BCUT2D eigenvalue weighted by molar-refractivity contribution is 0.0656. The fraction of sp³-hybridized carbons (Fsp3) is 0.500. The second kappa shape index (κ2) is 11.9. The van der Waals surface area contributed by atoms with Gasteiger partial charge in [-0.05, 0) is 48.2 Å². The molecule has 1 atom stereocenters. The number of piperazine rings is 1. The van der Waals surface area contributed by atoms with Crippen LogP contribution in [-0.2, 0) is 5.41 Å². The predicted molar refractivity (Wildman–Crippen MR) is 131 cm³/mol. The van der Waals surface area contributed by atoms with E-state index in [1.54, 1.807) is 0 Å². The summed E-state index contributed by atoms with van der Waals surface area (Å²) < 4.78 is 19.1. The van der Waals surface area contributed by atoms with Gasteiger partial charge < -0.3 is 14.7 Å². The van der Waals surface area contributed by atoms with E-state index in [4.69, 9.17) is 4.74 Å². The van der Waals surface area contributed by atoms with Crippen molar-refractivity contribution in [2.45, 2.75) is 39.2 Å². The van der Waals surface area contributed by atoms with Gasteiger partial charge in [-0.3, -0.25) is 4.90 Å². The predicted octanol–water partition coefficient (Wildman–Crippen LogP) is 4.84. The number of aryl methyl sites for hydroxylation is 1. The molecule has 1 fully saturated rings. The van der Waals surface area contributed by atoms with E-state index < -0.39 is 6.10 Å². The lowest BCUT2D eigenvalue weighted by Crippen LogP contribution is -2.49. The molecule has 1 N–H and O–H groups in total. The Balaban J connectivity index is 0.00000240. The molecule has 1 saturated heterocycles. The monoisotopic (exact) mass is 472 g/mol. The topological polar surface area (TPSA) is 35.9 Å². The molecule has 1 aliphatic rings. The van der Waals surface area contributed by atoms with Crippen LogP contribution in [0.1, 0.15) is 31.9 Å². The highest BCUT2D eigenvalue weighted by Crippen LogP contribution is 2.32. The first-order valence-corrected chi connectivity index (χ1v) is 10.4. The highest BCUT2D eigenvalue weighted by atomic mass is 35.5. The Bertz CT molecular complexity index is 804. The molecule has 1 aliphatic heterocycles. The van der Waals surface area contributed by atoms with Crippen LogP contribution in [-0.4, -0.2) is 55.4 Å². The molecule has 31 heavy (non-hydrogen) atoms. The van der Waals surface area contributed by atoms with E-state index in [0.29, 0.717) is 6.54 Å². The van der Waals surface area contributed by atoms with Crippen LogP contribution < -0.4 is 9.64 Å². The summed E-state index contributed by atoms with van der Waals surface area (Å²) in [5, 5.41) is 10.5. The average Bonchev–Trinajstić information content (AvgIpc) is 2.67. The zero-order chi connectivity index (χ0) is 21.0. The van der Waals surface area contributed by atoms with E-state index in [9.17, 15) is 9.50 Å². The van der Waals surface area contributed by atoms with Crippen LogP contribution in [0.25, 0.3) is 0 Å². The molecular formula is C24H35Cl2FN2O2. The van der Waals surface area contributed by atoms with Gasteiger partial charge in [0, 0.05) is 38.4 Å². The summed E-state index contributed by atoms with van der Waals surface area (Å²) in [6.07, 6.45) is -0.540. The van der Waals surface area contributed by atoms with Crippen molar-refractivity contribution in [3.63, 3.8) is 0 Å². The number of nitrogens with zero attached hydrogens (tertiary/aromatic N) is 2. The Morgan fingerprint density at radius 3 is 2.19 bits per heavy atom. The van der Waals surface area contributed by atoms with Crippen LogP contribution in [0.15, 0.2) is 42.5 Å². The van der Waals surface area contributed by atoms with Crippen molar-refractivity contribution in [2.75, 3.05) is 44.2 Å². The Morgan fingerprint density at radius 2 is 1.61 bits per heavy atom. The third-order valence-electron chi connectivity index (χ3n) is 5.41. The normalized spacial score (nSPS) is 15.6. The number of anilines is 1. The lowest BCUT2D eigenvalue weighted by Gasteiger charge is -2.37. The molecule has 0 amide bonds. The van der Waals surface area contributed by atoms with Gasteiger partial charge in [-0.1, -0.05) is 38.5 Å². The summed E-state index contributed by atoms with van der Waals surface area (Å²) in [5.41, 5.74) is 3.41. The van der Waals surface area contributed by atoms with Crippen LogP contribution >= 0.6 is 24.8 Å². The zero-order valence-electron chi connectivity index (χ0n) is 18.8. The van der Waals surface area contributed by atoms with Crippen LogP contribution in [0.3, 0.4) is 0 Å². The van der Waals surface area contributed by atoms with Crippen LogP contribution in [0.4, 0.5) is 10.1 Å². The van der Waals surface area contributed by atoms with E-state index in [-0.39, 0.29) is 42.7 Å². The van der Waals surface area contributed by atoms with Crippen molar-refractivity contribution in [3.8, 4) is 5.75 Å². The summed E-state index contributed by atoms with van der Waals surface area (Å²) in [6.45, 7) is 12.9. The second-order valence-electron chi connectivity index (χ2n) is 8.98. The minimum atomic E-state index is -0.540. The molecule has 0 spiro atoms. The Morgan fingerprint density at radius 1 is 1.00 bits per heavy atom. The first-order chi connectivity index (χ1) is 13.7. The third-order valence-corrected chi connectivity index (χ3v) is 5.41. The molecule has 174 valence electrons. The molecule has 0 saturated carbocycles. The number of halogens is 3. The maximum Gasteiger partial charge on any atom is 0.123 e. The van der Waals surface area contributed by atoms with Crippen molar-refractivity contribution in [1.82, 2.24) is 4.90 Å². The number of aliphatic hydroxyl groups excluding tert-OH is 1. The minimum Gasteiger partial charge on any atom is -0.491 e. The van der Waals surface area contributed by atoms with E-state index in [2.05, 4.69) is 43.6 Å². The maximum atomic E-state index is 13.1. The zero-order valence-corrected chi connectivity index (χ0v) is 20.4. The molecule has 0 bridgehead atoms. The molecule has 0 radical (unpaired) electrons. The van der Waals surface area contributed by atoms with Crippen molar-refractivity contribution in [3.05, 3.63) is 59.4 Å². The number of ether oxygens (including phenoxy) is 1. The summed E-state index contributed by atoms with van der Waals surface area (Å²) in [5.74, 6) is 0.641. The number of β-amino-alcohol motifs (C(OH)–C–C–N with tert-alkyl or cyclic N) is 1. The molecule has 4 nitrogen and oxygen atoms in total. The molecule has 3 rings (SSSR count). The SMILES string of the molecule is Cc1ccc(OCC(O)CN2CCN(c3ccc(F)cc3)CC2)c(C(C)(C)C)c1.Cl.Cl. The van der Waals surface area contributed by atoms with Gasteiger partial charge in [-0.2, -0.15) is 0 Å². The molecule has 2 aromatic rings. The fourth-order valence-electron chi connectivity index (χ4n) is 3.73. The Hall–Kier alpha value is -1.53. The molecule has 7 heteroatoms.